The first-order valence-corrected chi connectivity index (χ1v) is 7.76. The summed E-state index contributed by atoms with van der Waals surface area (Å²) in [5.74, 6) is -0.475. The van der Waals surface area contributed by atoms with Gasteiger partial charge in [-0.25, -0.2) is 0 Å². The minimum absolute atomic E-state index is 0.125. The van der Waals surface area contributed by atoms with Crippen LogP contribution in [-0.4, -0.2) is 30.5 Å². The van der Waals surface area contributed by atoms with E-state index in [1.165, 1.54) is 30.6 Å². The Bertz CT molecular complexity index is 1040. The number of benzene rings is 1. The molecule has 3 aromatic rings. The Morgan fingerprint density at radius 3 is 2.61 bits per heavy atom. The van der Waals surface area contributed by atoms with Gasteiger partial charge in [0.2, 0.25) is 5.91 Å². The van der Waals surface area contributed by atoms with Crippen molar-refractivity contribution in [3.8, 4) is 11.5 Å². The summed E-state index contributed by atoms with van der Waals surface area (Å²) >= 11 is 0. The third-order valence-corrected chi connectivity index (χ3v) is 3.38. The summed E-state index contributed by atoms with van der Waals surface area (Å²) in [5.41, 5.74) is -0.161. The normalized spacial score (nSPS) is 10.3. The van der Waals surface area contributed by atoms with Crippen LogP contribution in [0.5, 0.6) is 11.5 Å². The number of hydrogen-bond donors (Lipinski definition) is 1. The van der Waals surface area contributed by atoms with E-state index in [1.54, 1.807) is 18.3 Å². The smallest absolute Gasteiger partial charge is 0.389 e. The SMILES string of the molecule is O=C(Cn1ccc([N+](=O)[O-])n1)Nc1cc(Oc2cccnc2)cc([N+](=O)[O-])c1. The Balaban J connectivity index is 1.76. The van der Waals surface area contributed by atoms with E-state index in [9.17, 15) is 25.0 Å². The number of rotatable bonds is 7. The van der Waals surface area contributed by atoms with E-state index in [2.05, 4.69) is 15.4 Å². The third kappa shape index (κ3) is 4.63. The van der Waals surface area contributed by atoms with Gasteiger partial charge in [0.25, 0.3) is 5.69 Å². The highest BCUT2D eigenvalue weighted by Crippen LogP contribution is 2.29. The average Bonchev–Trinajstić information content (AvgIpc) is 3.11. The topological polar surface area (TPSA) is 155 Å². The van der Waals surface area contributed by atoms with Crippen molar-refractivity contribution < 1.29 is 19.4 Å². The summed E-state index contributed by atoms with van der Waals surface area (Å²) in [7, 11) is 0. The fourth-order valence-electron chi connectivity index (χ4n) is 2.25. The van der Waals surface area contributed by atoms with E-state index in [1.807, 2.05) is 0 Å². The summed E-state index contributed by atoms with van der Waals surface area (Å²) in [6.07, 6.45) is 4.26. The number of amides is 1. The molecule has 0 fully saturated rings. The van der Waals surface area contributed by atoms with Crippen molar-refractivity contribution in [1.82, 2.24) is 14.8 Å². The van der Waals surface area contributed by atoms with Crippen molar-refractivity contribution in [2.45, 2.75) is 6.54 Å². The van der Waals surface area contributed by atoms with Crippen LogP contribution in [0.1, 0.15) is 0 Å². The van der Waals surface area contributed by atoms with Crippen LogP contribution in [0.25, 0.3) is 0 Å². The third-order valence-electron chi connectivity index (χ3n) is 3.38. The molecule has 0 saturated heterocycles. The van der Waals surface area contributed by atoms with Crippen molar-refractivity contribution >= 4 is 23.1 Å². The van der Waals surface area contributed by atoms with Crippen LogP contribution in [0.15, 0.2) is 55.0 Å². The fourth-order valence-corrected chi connectivity index (χ4v) is 2.25. The monoisotopic (exact) mass is 384 g/mol. The van der Waals surface area contributed by atoms with Gasteiger partial charge in [0, 0.05) is 18.3 Å². The van der Waals surface area contributed by atoms with Gasteiger partial charge < -0.3 is 20.2 Å². The molecular weight excluding hydrogens is 372 g/mol. The number of ether oxygens (including phenoxy) is 1. The zero-order chi connectivity index (χ0) is 20.1. The molecule has 12 nitrogen and oxygen atoms in total. The first-order chi connectivity index (χ1) is 13.4. The number of carbonyl (C=O) groups excluding carboxylic acids is 1. The maximum atomic E-state index is 12.1. The molecule has 142 valence electrons. The van der Waals surface area contributed by atoms with Crippen LogP contribution < -0.4 is 10.1 Å². The first-order valence-electron chi connectivity index (χ1n) is 7.76. The molecule has 2 heterocycles. The Kier molecular flexibility index (Phi) is 5.21. The van der Waals surface area contributed by atoms with E-state index in [0.717, 1.165) is 10.7 Å². The Morgan fingerprint density at radius 1 is 1.14 bits per heavy atom. The molecule has 1 aromatic carbocycles. The lowest BCUT2D eigenvalue weighted by Gasteiger charge is -2.09. The minimum Gasteiger partial charge on any atom is -0.455 e. The summed E-state index contributed by atoms with van der Waals surface area (Å²) < 4.78 is 6.61. The molecule has 0 saturated carbocycles. The van der Waals surface area contributed by atoms with E-state index in [4.69, 9.17) is 4.74 Å². The lowest BCUT2D eigenvalue weighted by molar-refractivity contribution is -0.389. The Hall–Kier alpha value is -4.35. The average molecular weight is 384 g/mol. The molecule has 1 N–H and O–H groups in total. The number of nitro groups is 2. The highest BCUT2D eigenvalue weighted by atomic mass is 16.6. The van der Waals surface area contributed by atoms with Gasteiger partial charge in [-0.3, -0.25) is 19.9 Å². The number of hydrogen-bond acceptors (Lipinski definition) is 8. The number of nitrogens with zero attached hydrogens (tertiary/aromatic N) is 5. The second kappa shape index (κ2) is 7.90. The van der Waals surface area contributed by atoms with Crippen molar-refractivity contribution in [3.05, 3.63) is 75.2 Å². The van der Waals surface area contributed by atoms with Gasteiger partial charge in [-0.15, -0.1) is 0 Å². The van der Waals surface area contributed by atoms with Crippen LogP contribution in [0.4, 0.5) is 17.2 Å². The summed E-state index contributed by atoms with van der Waals surface area (Å²) in [6.45, 7) is -0.310. The molecule has 0 radical (unpaired) electrons. The highest BCUT2D eigenvalue weighted by molar-refractivity contribution is 5.91. The fraction of sp³-hybridized carbons (Fsp3) is 0.0625. The van der Waals surface area contributed by atoms with Gasteiger partial charge >= 0.3 is 5.82 Å². The zero-order valence-electron chi connectivity index (χ0n) is 14.1. The first kappa shape index (κ1) is 18.4. The number of aromatic nitrogens is 3. The summed E-state index contributed by atoms with van der Waals surface area (Å²) in [5, 5.41) is 27.9. The molecule has 1 amide bonds. The van der Waals surface area contributed by atoms with Gasteiger partial charge in [0.15, 0.2) is 0 Å². The predicted octanol–water partition coefficient (Wildman–Crippen LogP) is 2.53. The van der Waals surface area contributed by atoms with Crippen molar-refractivity contribution in [1.29, 1.82) is 0 Å². The number of nitrogens with one attached hydrogen (secondary N) is 1. The lowest BCUT2D eigenvalue weighted by atomic mass is 10.2. The maximum absolute atomic E-state index is 12.1. The van der Waals surface area contributed by atoms with Crippen molar-refractivity contribution in [2.24, 2.45) is 0 Å². The summed E-state index contributed by atoms with van der Waals surface area (Å²) in [4.78, 5) is 36.5. The molecule has 0 aliphatic rings. The number of carbonyl (C=O) groups is 1. The number of non-ortho nitro benzene ring substituents is 1. The minimum atomic E-state index is -0.684. The Morgan fingerprint density at radius 2 is 1.96 bits per heavy atom. The molecule has 0 bridgehead atoms. The Labute approximate surface area is 156 Å². The largest absolute Gasteiger partial charge is 0.455 e. The van der Waals surface area contributed by atoms with E-state index < -0.39 is 21.6 Å². The predicted molar refractivity (Wildman–Crippen MR) is 94.9 cm³/mol. The molecule has 0 aliphatic carbocycles. The van der Waals surface area contributed by atoms with Crippen LogP contribution in [0, 0.1) is 20.2 Å². The van der Waals surface area contributed by atoms with Crippen molar-refractivity contribution in [2.75, 3.05) is 5.32 Å². The molecule has 2 aromatic heterocycles. The van der Waals surface area contributed by atoms with Gasteiger partial charge in [-0.2, -0.15) is 4.68 Å². The van der Waals surface area contributed by atoms with E-state index in [0.29, 0.717) is 5.75 Å². The van der Waals surface area contributed by atoms with Gasteiger partial charge in [-0.1, -0.05) is 0 Å². The highest BCUT2D eigenvalue weighted by Gasteiger charge is 2.16. The van der Waals surface area contributed by atoms with E-state index in [-0.39, 0.29) is 23.7 Å². The second-order valence-corrected chi connectivity index (χ2v) is 5.44. The van der Waals surface area contributed by atoms with Crippen LogP contribution in [-0.2, 0) is 11.3 Å². The molecule has 0 unspecified atom stereocenters. The lowest BCUT2D eigenvalue weighted by Crippen LogP contribution is -2.19. The zero-order valence-corrected chi connectivity index (χ0v) is 14.1. The molecule has 0 aliphatic heterocycles. The van der Waals surface area contributed by atoms with Crippen LogP contribution in [0.3, 0.4) is 0 Å². The molecule has 3 rings (SSSR count). The van der Waals surface area contributed by atoms with Crippen LogP contribution in [0.2, 0.25) is 0 Å². The number of nitro benzene ring substituents is 1. The summed E-state index contributed by atoms with van der Waals surface area (Å²) in [6, 6.07) is 8.19. The van der Waals surface area contributed by atoms with Crippen molar-refractivity contribution in [3.63, 3.8) is 0 Å². The van der Waals surface area contributed by atoms with Gasteiger partial charge in [0.05, 0.1) is 40.2 Å². The van der Waals surface area contributed by atoms with Crippen LogP contribution >= 0.6 is 0 Å². The molecule has 0 atom stereocenters. The molecule has 0 spiro atoms. The van der Waals surface area contributed by atoms with Gasteiger partial charge in [0.1, 0.15) is 18.0 Å². The maximum Gasteiger partial charge on any atom is 0.389 e. The molecule has 12 heteroatoms. The number of pyridine rings is 1. The number of anilines is 1. The standard InChI is InChI=1S/C16H12N6O6/c23-16(10-20-5-3-15(19-20)22(26)27)18-11-6-12(21(24)25)8-14(7-11)28-13-2-1-4-17-9-13/h1-9H,10H2,(H,18,23). The molecule has 28 heavy (non-hydrogen) atoms. The van der Waals surface area contributed by atoms with Gasteiger partial charge in [-0.05, 0) is 17.1 Å². The van der Waals surface area contributed by atoms with E-state index >= 15 is 0 Å². The quantitative estimate of drug-likeness (QED) is 0.481. The molecular formula is C16H12N6O6. The second-order valence-electron chi connectivity index (χ2n) is 5.44.